The number of carbonyl (C=O) groups excluding carboxylic acids is 1. The van der Waals surface area contributed by atoms with Crippen molar-refractivity contribution in [1.29, 1.82) is 0 Å². The van der Waals surface area contributed by atoms with E-state index in [0.717, 1.165) is 16.5 Å². The highest BCUT2D eigenvalue weighted by molar-refractivity contribution is 5.99. The summed E-state index contributed by atoms with van der Waals surface area (Å²) >= 11 is 0. The maximum absolute atomic E-state index is 11.7. The molecule has 4 nitrogen and oxygen atoms in total. The van der Waals surface area contributed by atoms with Crippen LogP contribution in [0.25, 0.3) is 10.9 Å². The number of ether oxygens (including phenoxy) is 2. The molecule has 88 valence electrons. The predicted molar refractivity (Wildman–Crippen MR) is 64.4 cm³/mol. The van der Waals surface area contributed by atoms with Crippen LogP contribution in [-0.2, 0) is 4.74 Å². The highest BCUT2D eigenvalue weighted by atomic mass is 16.5. The first-order valence-electron chi connectivity index (χ1n) is 5.20. The number of nitrogens with zero attached hydrogens (tertiary/aromatic N) is 1. The Balaban J connectivity index is 2.81. The molecule has 0 aliphatic carbocycles. The van der Waals surface area contributed by atoms with Crippen LogP contribution in [0.2, 0.25) is 0 Å². The smallest absolute Gasteiger partial charge is 0.343 e. The van der Waals surface area contributed by atoms with E-state index in [2.05, 4.69) is 4.98 Å². The van der Waals surface area contributed by atoms with Crippen LogP contribution in [0.4, 0.5) is 0 Å². The van der Waals surface area contributed by atoms with Gasteiger partial charge in [-0.3, -0.25) is 0 Å². The number of esters is 1. The molecule has 1 aromatic heterocycles. The summed E-state index contributed by atoms with van der Waals surface area (Å²) in [4.78, 5) is 16.0. The average molecular weight is 231 g/mol. The Kier molecular flexibility index (Phi) is 2.95. The Morgan fingerprint density at radius 2 is 1.94 bits per heavy atom. The molecule has 0 atom stereocenters. The summed E-state index contributed by atoms with van der Waals surface area (Å²) in [5, 5.41) is 0.925. The maximum atomic E-state index is 11.7. The number of fused-ring (bicyclic) bond motifs is 1. The minimum Gasteiger partial charge on any atom is -0.480 e. The van der Waals surface area contributed by atoms with Gasteiger partial charge < -0.3 is 9.47 Å². The second-order valence-electron chi connectivity index (χ2n) is 3.63. The third-order valence-electron chi connectivity index (χ3n) is 2.70. The zero-order valence-corrected chi connectivity index (χ0v) is 9.98. The largest absolute Gasteiger partial charge is 0.480 e. The molecule has 2 rings (SSSR count). The van der Waals surface area contributed by atoms with Gasteiger partial charge in [-0.1, -0.05) is 18.2 Å². The molecule has 0 spiro atoms. The van der Waals surface area contributed by atoms with Crippen LogP contribution in [0.1, 0.15) is 15.9 Å². The van der Waals surface area contributed by atoms with E-state index in [-0.39, 0.29) is 0 Å². The molecule has 0 unspecified atom stereocenters. The molecule has 0 aliphatic rings. The standard InChI is InChI=1S/C13H13NO3/c1-8-9-6-4-5-7-10(9)14-12(16-2)11(8)13(15)17-3/h4-7H,1-3H3. The van der Waals surface area contributed by atoms with E-state index in [9.17, 15) is 4.79 Å². The van der Waals surface area contributed by atoms with Crippen molar-refractivity contribution in [3.8, 4) is 5.88 Å². The second kappa shape index (κ2) is 4.41. The van der Waals surface area contributed by atoms with E-state index in [1.165, 1.54) is 14.2 Å². The van der Waals surface area contributed by atoms with Crippen molar-refractivity contribution >= 4 is 16.9 Å². The van der Waals surface area contributed by atoms with Gasteiger partial charge in [-0.05, 0) is 18.6 Å². The minimum absolute atomic E-state index is 0.299. The lowest BCUT2D eigenvalue weighted by Gasteiger charge is -2.11. The Morgan fingerprint density at radius 1 is 1.24 bits per heavy atom. The molecule has 1 aromatic carbocycles. The van der Waals surface area contributed by atoms with Crippen molar-refractivity contribution in [2.45, 2.75) is 6.92 Å². The number of aromatic nitrogens is 1. The minimum atomic E-state index is -0.433. The van der Waals surface area contributed by atoms with Gasteiger partial charge in [-0.15, -0.1) is 0 Å². The van der Waals surface area contributed by atoms with E-state index in [4.69, 9.17) is 9.47 Å². The molecule has 17 heavy (non-hydrogen) atoms. The Morgan fingerprint density at radius 3 is 2.59 bits per heavy atom. The molecule has 0 amide bonds. The quantitative estimate of drug-likeness (QED) is 0.744. The molecule has 0 saturated carbocycles. The van der Waals surface area contributed by atoms with Crippen LogP contribution in [0.5, 0.6) is 5.88 Å². The molecule has 0 saturated heterocycles. The van der Waals surface area contributed by atoms with E-state index in [1.54, 1.807) is 0 Å². The summed E-state index contributed by atoms with van der Waals surface area (Å²) in [5.41, 5.74) is 2.00. The summed E-state index contributed by atoms with van der Waals surface area (Å²) < 4.78 is 9.89. The lowest BCUT2D eigenvalue weighted by atomic mass is 10.0. The van der Waals surface area contributed by atoms with E-state index in [0.29, 0.717) is 11.4 Å². The number of pyridine rings is 1. The molecular formula is C13H13NO3. The molecule has 0 aliphatic heterocycles. The van der Waals surface area contributed by atoms with Crippen LogP contribution < -0.4 is 4.74 Å². The number of aryl methyl sites for hydroxylation is 1. The first-order valence-corrected chi connectivity index (χ1v) is 5.20. The number of benzene rings is 1. The van der Waals surface area contributed by atoms with Crippen molar-refractivity contribution in [3.63, 3.8) is 0 Å². The topological polar surface area (TPSA) is 48.4 Å². The van der Waals surface area contributed by atoms with Gasteiger partial charge in [0.25, 0.3) is 0 Å². The Hall–Kier alpha value is -2.10. The molecule has 0 N–H and O–H groups in total. The summed E-state index contributed by atoms with van der Waals surface area (Å²) in [5.74, 6) is -0.134. The van der Waals surface area contributed by atoms with Crippen molar-refractivity contribution in [2.75, 3.05) is 14.2 Å². The molecule has 0 radical (unpaired) electrons. The molecule has 0 fully saturated rings. The van der Waals surface area contributed by atoms with Gasteiger partial charge in [0.15, 0.2) is 0 Å². The van der Waals surface area contributed by atoms with Crippen LogP contribution in [0.3, 0.4) is 0 Å². The summed E-state index contributed by atoms with van der Waals surface area (Å²) in [7, 11) is 2.83. The number of carbonyl (C=O) groups is 1. The molecule has 1 heterocycles. The van der Waals surface area contributed by atoms with Crippen molar-refractivity contribution in [1.82, 2.24) is 4.98 Å². The van der Waals surface area contributed by atoms with Crippen LogP contribution in [-0.4, -0.2) is 25.2 Å². The summed E-state index contributed by atoms with van der Waals surface area (Å²) in [6, 6.07) is 7.60. The number of hydrogen-bond donors (Lipinski definition) is 0. The summed E-state index contributed by atoms with van der Waals surface area (Å²) in [6.45, 7) is 1.86. The lowest BCUT2D eigenvalue weighted by Crippen LogP contribution is -2.08. The first kappa shape index (κ1) is 11.4. The fourth-order valence-electron chi connectivity index (χ4n) is 1.84. The number of methoxy groups -OCH3 is 2. The fraction of sp³-hybridized carbons (Fsp3) is 0.231. The fourth-order valence-corrected chi connectivity index (χ4v) is 1.84. The monoisotopic (exact) mass is 231 g/mol. The third-order valence-corrected chi connectivity index (χ3v) is 2.70. The van der Waals surface area contributed by atoms with Gasteiger partial charge in [0.2, 0.25) is 5.88 Å². The Bertz CT molecular complexity index is 578. The zero-order chi connectivity index (χ0) is 12.4. The highest BCUT2D eigenvalue weighted by Crippen LogP contribution is 2.27. The van der Waals surface area contributed by atoms with E-state index in [1.807, 2.05) is 31.2 Å². The van der Waals surface area contributed by atoms with Gasteiger partial charge in [-0.25, -0.2) is 9.78 Å². The normalized spacial score (nSPS) is 10.3. The van der Waals surface area contributed by atoms with Crippen molar-refractivity contribution in [2.24, 2.45) is 0 Å². The lowest BCUT2D eigenvalue weighted by molar-refractivity contribution is 0.0595. The zero-order valence-electron chi connectivity index (χ0n) is 9.98. The highest BCUT2D eigenvalue weighted by Gasteiger charge is 2.19. The van der Waals surface area contributed by atoms with Gasteiger partial charge in [0.1, 0.15) is 5.56 Å². The van der Waals surface area contributed by atoms with Gasteiger partial charge in [0.05, 0.1) is 19.7 Å². The van der Waals surface area contributed by atoms with Crippen LogP contribution in [0, 0.1) is 6.92 Å². The number of rotatable bonds is 2. The van der Waals surface area contributed by atoms with E-state index < -0.39 is 5.97 Å². The van der Waals surface area contributed by atoms with Crippen molar-refractivity contribution < 1.29 is 14.3 Å². The number of hydrogen-bond acceptors (Lipinski definition) is 4. The van der Waals surface area contributed by atoms with Gasteiger partial charge in [-0.2, -0.15) is 0 Å². The van der Waals surface area contributed by atoms with E-state index >= 15 is 0 Å². The van der Waals surface area contributed by atoms with Gasteiger partial charge >= 0.3 is 5.97 Å². The van der Waals surface area contributed by atoms with Gasteiger partial charge in [0, 0.05) is 5.39 Å². The second-order valence-corrected chi connectivity index (χ2v) is 3.63. The molecule has 2 aromatic rings. The third kappa shape index (κ3) is 1.82. The first-order chi connectivity index (χ1) is 8.19. The maximum Gasteiger partial charge on any atom is 0.343 e. The van der Waals surface area contributed by atoms with Crippen LogP contribution in [0.15, 0.2) is 24.3 Å². The molecular weight excluding hydrogens is 218 g/mol. The summed E-state index contributed by atoms with van der Waals surface area (Å²) in [6.07, 6.45) is 0. The predicted octanol–water partition coefficient (Wildman–Crippen LogP) is 2.34. The number of para-hydroxylation sites is 1. The van der Waals surface area contributed by atoms with Crippen LogP contribution >= 0.6 is 0 Å². The SMILES string of the molecule is COC(=O)c1c(OC)nc2ccccc2c1C. The average Bonchev–Trinajstić information content (AvgIpc) is 2.37. The molecule has 4 heteroatoms. The van der Waals surface area contributed by atoms with Crippen molar-refractivity contribution in [3.05, 3.63) is 35.4 Å². The Labute approximate surface area is 99.2 Å². The molecule has 0 bridgehead atoms.